The molecule has 1 saturated heterocycles. The summed E-state index contributed by atoms with van der Waals surface area (Å²) >= 11 is 6.38. The molecule has 100 valence electrons. The number of hydrogen-bond acceptors (Lipinski definition) is 3. The maximum Gasteiger partial charge on any atom is 0.0642 e. The van der Waals surface area contributed by atoms with Gasteiger partial charge in [0.25, 0.3) is 0 Å². The van der Waals surface area contributed by atoms with Gasteiger partial charge in [0.15, 0.2) is 0 Å². The second-order valence-electron chi connectivity index (χ2n) is 5.24. The molecule has 18 heavy (non-hydrogen) atoms. The highest BCUT2D eigenvalue weighted by Crippen LogP contribution is 2.32. The van der Waals surface area contributed by atoms with E-state index in [1.807, 2.05) is 6.07 Å². The van der Waals surface area contributed by atoms with Crippen LogP contribution in [0.4, 0.5) is 5.69 Å². The van der Waals surface area contributed by atoms with E-state index in [-0.39, 0.29) is 0 Å². The van der Waals surface area contributed by atoms with Crippen molar-refractivity contribution in [2.45, 2.75) is 25.4 Å². The molecule has 1 heterocycles. The number of hydrogen-bond donors (Lipinski definition) is 1. The molecule has 0 spiro atoms. The van der Waals surface area contributed by atoms with Gasteiger partial charge in [-0.25, -0.2) is 0 Å². The lowest BCUT2D eigenvalue weighted by molar-refractivity contribution is 0.372. The van der Waals surface area contributed by atoms with Crippen molar-refractivity contribution < 1.29 is 0 Å². The van der Waals surface area contributed by atoms with Gasteiger partial charge < -0.3 is 15.5 Å². The van der Waals surface area contributed by atoms with Crippen LogP contribution >= 0.6 is 11.6 Å². The van der Waals surface area contributed by atoms with Gasteiger partial charge in [0.1, 0.15) is 0 Å². The summed E-state index contributed by atoms with van der Waals surface area (Å²) in [4.78, 5) is 4.67. The van der Waals surface area contributed by atoms with Crippen LogP contribution in [-0.2, 0) is 6.54 Å². The molecule has 4 heteroatoms. The van der Waals surface area contributed by atoms with Crippen LogP contribution in [0.2, 0.25) is 5.02 Å². The van der Waals surface area contributed by atoms with E-state index in [1.54, 1.807) is 0 Å². The number of nitrogens with two attached hydrogens (primary N) is 1. The Morgan fingerprint density at radius 3 is 2.83 bits per heavy atom. The standard InChI is InChI=1S/C14H22ClN3/c1-17(2)10-12-4-3-7-18(12)14-6-5-11(9-16)8-13(14)15/h5-6,8,12H,3-4,7,9-10,16H2,1-2H3. The van der Waals surface area contributed by atoms with Crippen LogP contribution in [-0.4, -0.2) is 38.1 Å². The summed E-state index contributed by atoms with van der Waals surface area (Å²) in [5.41, 5.74) is 7.88. The van der Waals surface area contributed by atoms with Gasteiger partial charge in [-0.2, -0.15) is 0 Å². The van der Waals surface area contributed by atoms with Crippen LogP contribution in [0.15, 0.2) is 18.2 Å². The lowest BCUT2D eigenvalue weighted by Crippen LogP contribution is -2.37. The Labute approximate surface area is 115 Å². The summed E-state index contributed by atoms with van der Waals surface area (Å²) in [7, 11) is 4.24. The SMILES string of the molecule is CN(C)CC1CCCN1c1ccc(CN)cc1Cl. The number of benzene rings is 1. The average Bonchev–Trinajstić information content (AvgIpc) is 2.76. The van der Waals surface area contributed by atoms with E-state index in [9.17, 15) is 0 Å². The zero-order valence-corrected chi connectivity index (χ0v) is 12.0. The minimum atomic E-state index is 0.543. The zero-order valence-electron chi connectivity index (χ0n) is 11.2. The third-order valence-electron chi connectivity index (χ3n) is 3.51. The lowest BCUT2D eigenvalue weighted by Gasteiger charge is -2.30. The molecule has 0 aliphatic carbocycles. The van der Waals surface area contributed by atoms with Crippen molar-refractivity contribution in [2.24, 2.45) is 5.73 Å². The molecule has 0 aromatic heterocycles. The summed E-state index contributed by atoms with van der Waals surface area (Å²) in [5.74, 6) is 0. The fourth-order valence-corrected chi connectivity index (χ4v) is 2.99. The lowest BCUT2D eigenvalue weighted by atomic mass is 10.1. The normalized spacial score (nSPS) is 19.8. The Bertz CT molecular complexity index is 406. The molecule has 0 amide bonds. The smallest absolute Gasteiger partial charge is 0.0642 e. The topological polar surface area (TPSA) is 32.5 Å². The summed E-state index contributed by atoms with van der Waals surface area (Å²) < 4.78 is 0. The van der Waals surface area contributed by atoms with Crippen molar-refractivity contribution in [3.8, 4) is 0 Å². The number of halogens is 1. The Hall–Kier alpha value is -0.770. The molecule has 2 rings (SSSR count). The quantitative estimate of drug-likeness (QED) is 0.909. The molecule has 1 fully saturated rings. The highest BCUT2D eigenvalue weighted by atomic mass is 35.5. The van der Waals surface area contributed by atoms with E-state index in [2.05, 4.69) is 36.0 Å². The molecule has 1 aliphatic heterocycles. The maximum absolute atomic E-state index is 6.38. The highest BCUT2D eigenvalue weighted by Gasteiger charge is 2.26. The maximum atomic E-state index is 6.38. The van der Waals surface area contributed by atoms with E-state index in [4.69, 9.17) is 17.3 Å². The van der Waals surface area contributed by atoms with Gasteiger partial charge in [-0.1, -0.05) is 17.7 Å². The largest absolute Gasteiger partial charge is 0.366 e. The Morgan fingerprint density at radius 1 is 1.44 bits per heavy atom. The molecule has 1 atom stereocenters. The first-order valence-electron chi connectivity index (χ1n) is 6.51. The number of likely N-dealkylation sites (N-methyl/N-ethyl adjacent to an activating group) is 1. The molecule has 0 saturated carbocycles. The fourth-order valence-electron chi connectivity index (χ4n) is 2.67. The van der Waals surface area contributed by atoms with Crippen molar-refractivity contribution in [1.29, 1.82) is 0 Å². The summed E-state index contributed by atoms with van der Waals surface area (Å²) in [6.07, 6.45) is 2.49. The number of anilines is 1. The second kappa shape index (κ2) is 5.91. The van der Waals surface area contributed by atoms with Crippen LogP contribution in [0.3, 0.4) is 0 Å². The molecule has 2 N–H and O–H groups in total. The van der Waals surface area contributed by atoms with Crippen LogP contribution in [0, 0.1) is 0 Å². The van der Waals surface area contributed by atoms with Crippen molar-refractivity contribution in [1.82, 2.24) is 4.90 Å². The first-order chi connectivity index (χ1) is 8.61. The Kier molecular flexibility index (Phi) is 4.49. The van der Waals surface area contributed by atoms with Crippen LogP contribution in [0.1, 0.15) is 18.4 Å². The fraction of sp³-hybridized carbons (Fsp3) is 0.571. The monoisotopic (exact) mass is 267 g/mol. The number of rotatable bonds is 4. The Morgan fingerprint density at radius 2 is 2.22 bits per heavy atom. The third kappa shape index (κ3) is 2.97. The van der Waals surface area contributed by atoms with Gasteiger partial charge in [0.05, 0.1) is 10.7 Å². The molecule has 1 aromatic rings. The van der Waals surface area contributed by atoms with Gasteiger partial charge in [-0.05, 0) is 44.6 Å². The molecule has 1 aromatic carbocycles. The van der Waals surface area contributed by atoms with Crippen LogP contribution in [0.25, 0.3) is 0 Å². The van der Waals surface area contributed by atoms with Crippen molar-refractivity contribution in [3.63, 3.8) is 0 Å². The van der Waals surface area contributed by atoms with Crippen molar-refractivity contribution in [3.05, 3.63) is 28.8 Å². The second-order valence-corrected chi connectivity index (χ2v) is 5.65. The summed E-state index contributed by atoms with van der Waals surface area (Å²) in [6, 6.07) is 6.74. The average molecular weight is 268 g/mol. The molecular weight excluding hydrogens is 246 g/mol. The van der Waals surface area contributed by atoms with Gasteiger partial charge in [0, 0.05) is 25.7 Å². The van der Waals surface area contributed by atoms with E-state index >= 15 is 0 Å². The Balaban J connectivity index is 2.19. The van der Waals surface area contributed by atoms with Crippen LogP contribution in [0.5, 0.6) is 0 Å². The van der Waals surface area contributed by atoms with Crippen molar-refractivity contribution in [2.75, 3.05) is 32.1 Å². The van der Waals surface area contributed by atoms with Gasteiger partial charge in [0.2, 0.25) is 0 Å². The molecule has 0 radical (unpaired) electrons. The highest BCUT2D eigenvalue weighted by molar-refractivity contribution is 6.33. The van der Waals surface area contributed by atoms with E-state index in [1.165, 1.54) is 12.8 Å². The summed E-state index contributed by atoms with van der Waals surface area (Å²) in [5, 5.41) is 0.823. The molecular formula is C14H22ClN3. The minimum absolute atomic E-state index is 0.543. The van der Waals surface area contributed by atoms with Crippen molar-refractivity contribution >= 4 is 17.3 Å². The molecule has 3 nitrogen and oxygen atoms in total. The summed E-state index contributed by atoms with van der Waals surface area (Å²) in [6.45, 7) is 2.72. The van der Waals surface area contributed by atoms with E-state index in [0.717, 1.165) is 29.4 Å². The molecule has 1 unspecified atom stereocenters. The first kappa shape index (κ1) is 13.7. The molecule has 0 bridgehead atoms. The zero-order chi connectivity index (χ0) is 13.1. The predicted octanol–water partition coefficient (Wildman–Crippen LogP) is 2.33. The van der Waals surface area contributed by atoms with Crippen LogP contribution < -0.4 is 10.6 Å². The van der Waals surface area contributed by atoms with Gasteiger partial charge >= 0.3 is 0 Å². The molecule has 1 aliphatic rings. The first-order valence-corrected chi connectivity index (χ1v) is 6.89. The minimum Gasteiger partial charge on any atom is -0.366 e. The van der Waals surface area contributed by atoms with Gasteiger partial charge in [-0.15, -0.1) is 0 Å². The predicted molar refractivity (Wildman–Crippen MR) is 78.3 cm³/mol. The third-order valence-corrected chi connectivity index (χ3v) is 3.81. The van der Waals surface area contributed by atoms with E-state index in [0.29, 0.717) is 12.6 Å². The van der Waals surface area contributed by atoms with Gasteiger partial charge in [-0.3, -0.25) is 0 Å². The van der Waals surface area contributed by atoms with E-state index < -0.39 is 0 Å². The number of nitrogens with zero attached hydrogens (tertiary/aromatic N) is 2.